The highest BCUT2D eigenvalue weighted by Gasteiger charge is 2.40. The molecular weight excluding hydrogens is 237 g/mol. The average molecular weight is 251 g/mol. The molecule has 0 aliphatic carbocycles. The first kappa shape index (κ1) is 11.2. The Morgan fingerprint density at radius 3 is 2.82 bits per heavy atom. The van der Waals surface area contributed by atoms with Gasteiger partial charge in [-0.1, -0.05) is 0 Å². The van der Waals surface area contributed by atoms with Gasteiger partial charge in [-0.15, -0.1) is 11.8 Å². The average Bonchev–Trinajstić information content (AvgIpc) is 2.31. The summed E-state index contributed by atoms with van der Waals surface area (Å²) in [6, 6.07) is 4.56. The van der Waals surface area contributed by atoms with E-state index in [4.69, 9.17) is 0 Å². The van der Waals surface area contributed by atoms with Crippen molar-refractivity contribution in [2.75, 3.05) is 13.1 Å². The third-order valence-corrected chi connectivity index (χ3v) is 5.13. The van der Waals surface area contributed by atoms with Crippen molar-refractivity contribution in [2.45, 2.75) is 28.9 Å². The van der Waals surface area contributed by atoms with E-state index in [1.54, 1.807) is 17.8 Å². The van der Waals surface area contributed by atoms with Crippen LogP contribution in [0, 0.1) is 5.82 Å². The molecule has 3 rings (SSSR count). The summed E-state index contributed by atoms with van der Waals surface area (Å²) in [6.45, 7) is 1.94. The van der Waals surface area contributed by atoms with Crippen molar-refractivity contribution in [3.8, 4) is 0 Å². The minimum Gasteiger partial charge on any atom is -0.317 e. The summed E-state index contributed by atoms with van der Waals surface area (Å²) < 4.78 is 13.2. The zero-order valence-electron chi connectivity index (χ0n) is 9.46. The molecule has 4 heteroatoms. The molecular formula is C13H14FNOS. The van der Waals surface area contributed by atoms with E-state index in [1.165, 1.54) is 12.1 Å². The molecule has 1 N–H and O–H groups in total. The minimum atomic E-state index is -0.320. The highest BCUT2D eigenvalue weighted by Crippen LogP contribution is 2.47. The summed E-state index contributed by atoms with van der Waals surface area (Å²) in [5.74, 6) is -0.223. The van der Waals surface area contributed by atoms with Gasteiger partial charge in [-0.2, -0.15) is 0 Å². The molecule has 0 saturated carbocycles. The number of fused-ring (bicyclic) bond motifs is 1. The molecule has 0 radical (unpaired) electrons. The molecule has 17 heavy (non-hydrogen) atoms. The monoisotopic (exact) mass is 251 g/mol. The Kier molecular flexibility index (Phi) is 2.71. The van der Waals surface area contributed by atoms with Gasteiger partial charge in [-0.25, -0.2) is 4.39 Å². The Morgan fingerprint density at radius 1 is 1.29 bits per heavy atom. The highest BCUT2D eigenvalue weighted by atomic mass is 32.2. The number of thioether (sulfide) groups is 1. The standard InChI is InChI=1S/C13H14FNOS/c14-9-1-2-12-10(7-9)11(16)8-13(17-12)3-5-15-6-4-13/h1-2,7,15H,3-6,8H2. The first-order chi connectivity index (χ1) is 8.19. The van der Waals surface area contributed by atoms with Crippen molar-refractivity contribution in [1.82, 2.24) is 5.32 Å². The molecule has 2 heterocycles. The fourth-order valence-electron chi connectivity index (χ4n) is 2.63. The number of hydrogen-bond acceptors (Lipinski definition) is 3. The maximum Gasteiger partial charge on any atom is 0.165 e. The maximum absolute atomic E-state index is 13.1. The SMILES string of the molecule is O=C1CC2(CCNCC2)Sc2ccc(F)cc21. The van der Waals surface area contributed by atoms with Crippen LogP contribution in [0.2, 0.25) is 0 Å². The zero-order valence-corrected chi connectivity index (χ0v) is 10.3. The number of benzene rings is 1. The van der Waals surface area contributed by atoms with E-state index in [2.05, 4.69) is 5.32 Å². The normalized spacial score (nSPS) is 22.5. The summed E-state index contributed by atoms with van der Waals surface area (Å²) in [4.78, 5) is 13.1. The van der Waals surface area contributed by atoms with Crippen LogP contribution < -0.4 is 5.32 Å². The van der Waals surface area contributed by atoms with Crippen LogP contribution in [0.4, 0.5) is 4.39 Å². The third-order valence-electron chi connectivity index (χ3n) is 3.57. The van der Waals surface area contributed by atoms with Gasteiger partial charge >= 0.3 is 0 Å². The van der Waals surface area contributed by atoms with Crippen LogP contribution in [0.25, 0.3) is 0 Å². The number of ketones is 1. The van der Waals surface area contributed by atoms with Gasteiger partial charge in [-0.05, 0) is 44.1 Å². The molecule has 2 nitrogen and oxygen atoms in total. The van der Waals surface area contributed by atoms with Crippen molar-refractivity contribution in [3.05, 3.63) is 29.6 Å². The number of Topliss-reactive ketones (excluding diaryl/α,β-unsaturated/α-hetero) is 1. The van der Waals surface area contributed by atoms with Crippen LogP contribution >= 0.6 is 11.8 Å². The van der Waals surface area contributed by atoms with Gasteiger partial charge in [0.1, 0.15) is 5.82 Å². The number of carbonyl (C=O) groups excluding carboxylic acids is 1. The molecule has 2 aliphatic heterocycles. The van der Waals surface area contributed by atoms with Gasteiger partial charge in [0.25, 0.3) is 0 Å². The molecule has 90 valence electrons. The second kappa shape index (κ2) is 4.10. The molecule has 0 amide bonds. The summed E-state index contributed by atoms with van der Waals surface area (Å²) >= 11 is 1.77. The predicted octanol–water partition coefficient (Wildman–Crippen LogP) is 2.63. The number of halogens is 1. The van der Waals surface area contributed by atoms with Crippen LogP contribution in [0.5, 0.6) is 0 Å². The van der Waals surface area contributed by atoms with Crippen LogP contribution in [0.1, 0.15) is 29.6 Å². The zero-order chi connectivity index (χ0) is 11.9. The lowest BCUT2D eigenvalue weighted by atomic mass is 9.89. The van der Waals surface area contributed by atoms with E-state index in [9.17, 15) is 9.18 Å². The molecule has 1 fully saturated rings. The lowest BCUT2D eigenvalue weighted by molar-refractivity contribution is 0.0955. The van der Waals surface area contributed by atoms with Gasteiger partial charge in [0.2, 0.25) is 0 Å². The molecule has 1 spiro atoms. The summed E-state index contributed by atoms with van der Waals surface area (Å²) in [7, 11) is 0. The van der Waals surface area contributed by atoms with Gasteiger partial charge in [-0.3, -0.25) is 4.79 Å². The van der Waals surface area contributed by atoms with Crippen molar-refractivity contribution in [1.29, 1.82) is 0 Å². The van der Waals surface area contributed by atoms with Gasteiger partial charge < -0.3 is 5.32 Å². The van der Waals surface area contributed by atoms with Crippen molar-refractivity contribution < 1.29 is 9.18 Å². The predicted molar refractivity (Wildman–Crippen MR) is 66.0 cm³/mol. The maximum atomic E-state index is 13.1. The number of carbonyl (C=O) groups is 1. The van der Waals surface area contributed by atoms with E-state index < -0.39 is 0 Å². The van der Waals surface area contributed by atoms with Crippen molar-refractivity contribution >= 4 is 17.5 Å². The Balaban J connectivity index is 1.97. The van der Waals surface area contributed by atoms with Gasteiger partial charge in [0.15, 0.2) is 5.78 Å². The second-order valence-electron chi connectivity index (χ2n) is 4.78. The summed E-state index contributed by atoms with van der Waals surface area (Å²) in [5.41, 5.74) is 0.569. The van der Waals surface area contributed by atoms with Crippen molar-refractivity contribution in [3.63, 3.8) is 0 Å². The molecule has 0 unspecified atom stereocenters. The van der Waals surface area contributed by atoms with Gasteiger partial charge in [0, 0.05) is 21.6 Å². The quantitative estimate of drug-likeness (QED) is 0.768. The first-order valence-electron chi connectivity index (χ1n) is 5.91. The Bertz CT molecular complexity index is 468. The molecule has 2 aliphatic rings. The molecule has 1 saturated heterocycles. The largest absolute Gasteiger partial charge is 0.317 e. The van der Waals surface area contributed by atoms with E-state index in [1.807, 2.05) is 0 Å². The molecule has 1 aromatic rings. The number of piperidine rings is 1. The summed E-state index contributed by atoms with van der Waals surface area (Å²) in [5, 5.41) is 3.32. The number of nitrogens with one attached hydrogen (secondary N) is 1. The van der Waals surface area contributed by atoms with Crippen LogP contribution in [0.15, 0.2) is 23.1 Å². The molecule has 0 bridgehead atoms. The smallest absolute Gasteiger partial charge is 0.165 e. The van der Waals surface area contributed by atoms with E-state index in [0.29, 0.717) is 12.0 Å². The van der Waals surface area contributed by atoms with E-state index in [0.717, 1.165) is 30.8 Å². The lowest BCUT2D eigenvalue weighted by Crippen LogP contribution is -2.42. The topological polar surface area (TPSA) is 29.1 Å². The number of hydrogen-bond donors (Lipinski definition) is 1. The van der Waals surface area contributed by atoms with E-state index >= 15 is 0 Å². The van der Waals surface area contributed by atoms with E-state index in [-0.39, 0.29) is 16.3 Å². The third kappa shape index (κ3) is 2.00. The number of rotatable bonds is 0. The fraction of sp³-hybridized carbons (Fsp3) is 0.462. The first-order valence-corrected chi connectivity index (χ1v) is 6.73. The van der Waals surface area contributed by atoms with Gasteiger partial charge in [0.05, 0.1) is 0 Å². The van der Waals surface area contributed by atoms with Crippen LogP contribution in [-0.4, -0.2) is 23.6 Å². The minimum absolute atomic E-state index is 0.0488. The molecule has 0 aromatic heterocycles. The summed E-state index contributed by atoms with van der Waals surface area (Å²) in [6.07, 6.45) is 2.58. The highest BCUT2D eigenvalue weighted by molar-refractivity contribution is 8.01. The fourth-order valence-corrected chi connectivity index (χ4v) is 4.12. The van der Waals surface area contributed by atoms with Crippen LogP contribution in [0.3, 0.4) is 0 Å². The molecule has 1 aromatic carbocycles. The second-order valence-corrected chi connectivity index (χ2v) is 6.29. The lowest BCUT2D eigenvalue weighted by Gasteiger charge is -2.39. The van der Waals surface area contributed by atoms with Crippen LogP contribution in [-0.2, 0) is 0 Å². The Morgan fingerprint density at radius 2 is 2.06 bits per heavy atom. The Labute approximate surface area is 104 Å². The molecule has 0 atom stereocenters. The van der Waals surface area contributed by atoms with Crippen molar-refractivity contribution in [2.24, 2.45) is 0 Å². The Hall–Kier alpha value is -0.870.